The average Bonchev–Trinajstić information content (AvgIpc) is 3.10. The molecular formula is C11H15N5OS. The maximum absolute atomic E-state index is 5.34. The van der Waals surface area contributed by atoms with Gasteiger partial charge in [0.05, 0.1) is 11.7 Å². The first-order valence-corrected chi connectivity index (χ1v) is 7.04. The summed E-state index contributed by atoms with van der Waals surface area (Å²) in [6.45, 7) is 3.14. The summed E-state index contributed by atoms with van der Waals surface area (Å²) in [4.78, 5) is 5.38. The largest absolute Gasteiger partial charge is 0.333 e. The average molecular weight is 265 g/mol. The molecule has 1 aliphatic heterocycles. The van der Waals surface area contributed by atoms with E-state index in [1.807, 2.05) is 0 Å². The summed E-state index contributed by atoms with van der Waals surface area (Å²) in [5.41, 5.74) is 0.956. The van der Waals surface area contributed by atoms with Gasteiger partial charge >= 0.3 is 0 Å². The van der Waals surface area contributed by atoms with E-state index in [4.69, 9.17) is 4.52 Å². The van der Waals surface area contributed by atoms with Gasteiger partial charge in [0.25, 0.3) is 5.89 Å². The van der Waals surface area contributed by atoms with E-state index in [-0.39, 0.29) is 6.04 Å². The molecule has 1 aliphatic rings. The van der Waals surface area contributed by atoms with Crippen LogP contribution in [0, 0.1) is 0 Å². The number of hydrogen-bond acceptors (Lipinski definition) is 7. The SMILES string of the molecule is CCCc1nnsc1-c1nc(C2CCCN2)no1. The molecule has 0 amide bonds. The highest BCUT2D eigenvalue weighted by Gasteiger charge is 2.23. The minimum absolute atomic E-state index is 0.234. The fraction of sp³-hybridized carbons (Fsp3) is 0.636. The van der Waals surface area contributed by atoms with Crippen LogP contribution in [0.25, 0.3) is 10.8 Å². The minimum Gasteiger partial charge on any atom is -0.333 e. The van der Waals surface area contributed by atoms with Crippen LogP contribution in [0.15, 0.2) is 4.52 Å². The fourth-order valence-electron chi connectivity index (χ4n) is 2.14. The molecule has 1 atom stereocenters. The Morgan fingerprint density at radius 1 is 1.50 bits per heavy atom. The first kappa shape index (κ1) is 11.7. The zero-order valence-corrected chi connectivity index (χ0v) is 11.0. The van der Waals surface area contributed by atoms with Crippen molar-refractivity contribution in [2.24, 2.45) is 0 Å². The van der Waals surface area contributed by atoms with Crippen LogP contribution >= 0.6 is 11.5 Å². The van der Waals surface area contributed by atoms with Crippen LogP contribution in [0.2, 0.25) is 0 Å². The summed E-state index contributed by atoms with van der Waals surface area (Å²) in [5.74, 6) is 1.30. The highest BCUT2D eigenvalue weighted by molar-refractivity contribution is 7.09. The van der Waals surface area contributed by atoms with Crippen LogP contribution in [0.3, 0.4) is 0 Å². The maximum Gasteiger partial charge on any atom is 0.271 e. The molecule has 0 radical (unpaired) electrons. The van der Waals surface area contributed by atoms with Crippen LogP contribution < -0.4 is 5.32 Å². The maximum atomic E-state index is 5.34. The van der Waals surface area contributed by atoms with Gasteiger partial charge in [-0.25, -0.2) is 0 Å². The molecule has 7 heteroatoms. The van der Waals surface area contributed by atoms with E-state index in [2.05, 4.69) is 32.0 Å². The van der Waals surface area contributed by atoms with Gasteiger partial charge in [0.15, 0.2) is 5.82 Å². The van der Waals surface area contributed by atoms with Crippen molar-refractivity contribution in [1.29, 1.82) is 0 Å². The van der Waals surface area contributed by atoms with Crippen LogP contribution in [0.5, 0.6) is 0 Å². The van der Waals surface area contributed by atoms with Gasteiger partial charge in [-0.05, 0) is 37.3 Å². The number of aryl methyl sites for hydroxylation is 1. The van der Waals surface area contributed by atoms with Crippen LogP contribution in [-0.4, -0.2) is 26.3 Å². The number of nitrogens with one attached hydrogen (secondary N) is 1. The molecule has 1 fully saturated rings. The molecular weight excluding hydrogens is 250 g/mol. The van der Waals surface area contributed by atoms with Crippen molar-refractivity contribution in [3.05, 3.63) is 11.5 Å². The molecule has 0 bridgehead atoms. The molecule has 2 aromatic rings. The molecule has 3 heterocycles. The molecule has 0 spiro atoms. The first-order chi connectivity index (χ1) is 8.88. The van der Waals surface area contributed by atoms with Gasteiger partial charge in [-0.3, -0.25) is 0 Å². The van der Waals surface area contributed by atoms with Gasteiger partial charge in [0.1, 0.15) is 4.88 Å². The zero-order chi connectivity index (χ0) is 12.4. The molecule has 0 aromatic carbocycles. The zero-order valence-electron chi connectivity index (χ0n) is 10.2. The van der Waals surface area contributed by atoms with E-state index in [9.17, 15) is 0 Å². The number of aromatic nitrogens is 4. The van der Waals surface area contributed by atoms with Gasteiger partial charge in [-0.1, -0.05) is 23.0 Å². The summed E-state index contributed by atoms with van der Waals surface area (Å²) in [5, 5.41) is 11.5. The lowest BCUT2D eigenvalue weighted by atomic mass is 10.2. The Morgan fingerprint density at radius 3 is 3.22 bits per heavy atom. The predicted octanol–water partition coefficient (Wildman–Crippen LogP) is 1.97. The molecule has 6 nitrogen and oxygen atoms in total. The van der Waals surface area contributed by atoms with Crippen LogP contribution in [-0.2, 0) is 6.42 Å². The highest BCUT2D eigenvalue weighted by Crippen LogP contribution is 2.28. The Morgan fingerprint density at radius 2 is 2.44 bits per heavy atom. The topological polar surface area (TPSA) is 76.7 Å². The molecule has 1 N–H and O–H groups in total. The van der Waals surface area contributed by atoms with Crippen LogP contribution in [0.4, 0.5) is 0 Å². The third-order valence-corrected chi connectivity index (χ3v) is 3.81. The number of nitrogens with zero attached hydrogens (tertiary/aromatic N) is 4. The lowest BCUT2D eigenvalue weighted by molar-refractivity contribution is 0.412. The standard InChI is InChI=1S/C11H15N5OS/c1-2-4-7-9(18-16-14-7)11-13-10(15-17-11)8-5-3-6-12-8/h8,12H,2-6H2,1H3. The molecule has 2 aromatic heterocycles. The molecule has 0 saturated carbocycles. The Balaban J connectivity index is 1.85. The second kappa shape index (κ2) is 5.11. The third kappa shape index (κ3) is 2.15. The number of hydrogen-bond donors (Lipinski definition) is 1. The summed E-state index contributed by atoms with van der Waals surface area (Å²) in [6.07, 6.45) is 4.16. The normalized spacial score (nSPS) is 19.5. The van der Waals surface area contributed by atoms with Crippen molar-refractivity contribution in [1.82, 2.24) is 25.0 Å². The minimum atomic E-state index is 0.234. The lowest BCUT2D eigenvalue weighted by Crippen LogP contribution is -2.14. The van der Waals surface area contributed by atoms with Crippen molar-refractivity contribution in [2.75, 3.05) is 6.54 Å². The molecule has 0 aliphatic carbocycles. The van der Waals surface area contributed by atoms with Gasteiger partial charge in [-0.15, -0.1) is 5.10 Å². The van der Waals surface area contributed by atoms with Crippen molar-refractivity contribution < 1.29 is 4.52 Å². The van der Waals surface area contributed by atoms with Crippen molar-refractivity contribution in [3.63, 3.8) is 0 Å². The third-order valence-electron chi connectivity index (χ3n) is 3.05. The molecule has 96 valence electrons. The Labute approximate surface area is 109 Å². The summed E-state index contributed by atoms with van der Waals surface area (Å²) >= 11 is 1.32. The van der Waals surface area contributed by atoms with Crippen LogP contribution in [0.1, 0.15) is 43.7 Å². The van der Waals surface area contributed by atoms with E-state index in [0.717, 1.165) is 48.6 Å². The summed E-state index contributed by atoms with van der Waals surface area (Å²) in [6, 6.07) is 0.234. The Hall–Kier alpha value is -1.34. The Bertz CT molecular complexity index is 517. The molecule has 3 rings (SSSR count). The molecule has 1 unspecified atom stereocenters. The van der Waals surface area contributed by atoms with Crippen molar-refractivity contribution in [3.8, 4) is 10.8 Å². The van der Waals surface area contributed by atoms with Crippen molar-refractivity contribution in [2.45, 2.75) is 38.6 Å². The summed E-state index contributed by atoms with van der Waals surface area (Å²) in [7, 11) is 0. The van der Waals surface area contributed by atoms with E-state index < -0.39 is 0 Å². The number of rotatable bonds is 4. The Kier molecular flexibility index (Phi) is 3.33. The monoisotopic (exact) mass is 265 g/mol. The summed E-state index contributed by atoms with van der Waals surface area (Å²) < 4.78 is 9.31. The van der Waals surface area contributed by atoms with E-state index in [1.165, 1.54) is 11.5 Å². The second-order valence-corrected chi connectivity index (χ2v) is 5.16. The molecule has 1 saturated heterocycles. The van der Waals surface area contributed by atoms with Crippen molar-refractivity contribution >= 4 is 11.5 Å². The lowest BCUT2D eigenvalue weighted by Gasteiger charge is -2.01. The van der Waals surface area contributed by atoms with Gasteiger partial charge in [0, 0.05) is 0 Å². The van der Waals surface area contributed by atoms with E-state index in [1.54, 1.807) is 0 Å². The highest BCUT2D eigenvalue weighted by atomic mass is 32.1. The fourth-order valence-corrected chi connectivity index (χ4v) is 2.78. The van der Waals surface area contributed by atoms with Gasteiger partial charge in [0.2, 0.25) is 0 Å². The smallest absolute Gasteiger partial charge is 0.271 e. The van der Waals surface area contributed by atoms with Gasteiger partial charge in [-0.2, -0.15) is 4.98 Å². The first-order valence-electron chi connectivity index (χ1n) is 6.27. The van der Waals surface area contributed by atoms with E-state index in [0.29, 0.717) is 5.89 Å². The molecule has 18 heavy (non-hydrogen) atoms. The second-order valence-electron chi connectivity index (χ2n) is 4.41. The predicted molar refractivity (Wildman–Crippen MR) is 67.2 cm³/mol. The van der Waals surface area contributed by atoms with Gasteiger partial charge < -0.3 is 9.84 Å². The quantitative estimate of drug-likeness (QED) is 0.910. The van der Waals surface area contributed by atoms with E-state index >= 15 is 0 Å².